The normalized spacial score (nSPS) is 25.8. The van der Waals surface area contributed by atoms with Gasteiger partial charge in [0.25, 0.3) is 5.91 Å². The maximum Gasteiger partial charge on any atom is 0.250 e. The lowest BCUT2D eigenvalue weighted by atomic mass is 9.86. The zero-order chi connectivity index (χ0) is 11.1. The van der Waals surface area contributed by atoms with Gasteiger partial charge in [-0.15, -0.1) is 11.8 Å². The molecule has 0 aromatic rings. The predicted molar refractivity (Wildman–Crippen MR) is 67.2 cm³/mol. The number of allylic oxidation sites excluding steroid dienone is 2. The summed E-state index contributed by atoms with van der Waals surface area (Å²) < 4.78 is 0. The molecule has 0 bridgehead atoms. The predicted octanol–water partition coefficient (Wildman–Crippen LogP) is 2.72. The van der Waals surface area contributed by atoms with Gasteiger partial charge in [-0.05, 0) is 48.2 Å². The third-order valence-corrected chi connectivity index (χ3v) is 5.07. The topological polar surface area (TPSA) is 20.3 Å². The first kappa shape index (κ1) is 10.5. The summed E-state index contributed by atoms with van der Waals surface area (Å²) in [6, 6.07) is 0. The Kier molecular flexibility index (Phi) is 2.58. The zero-order valence-corrected chi connectivity index (χ0v) is 10.5. The second kappa shape index (κ2) is 3.95. The number of carbonyl (C=O) groups excluding carboxylic acids is 1. The van der Waals surface area contributed by atoms with E-state index in [0.29, 0.717) is 0 Å². The van der Waals surface area contributed by atoms with E-state index in [0.717, 1.165) is 24.3 Å². The van der Waals surface area contributed by atoms with Crippen molar-refractivity contribution < 1.29 is 4.79 Å². The molecule has 2 nitrogen and oxygen atoms in total. The van der Waals surface area contributed by atoms with Gasteiger partial charge in [0.1, 0.15) is 0 Å². The van der Waals surface area contributed by atoms with Crippen molar-refractivity contribution in [3.05, 3.63) is 21.6 Å². The van der Waals surface area contributed by atoms with E-state index in [1.807, 2.05) is 23.7 Å². The minimum absolute atomic E-state index is 0.269. The number of hydrogen-bond acceptors (Lipinski definition) is 2. The van der Waals surface area contributed by atoms with Gasteiger partial charge in [0.05, 0.1) is 0 Å². The van der Waals surface area contributed by atoms with Crippen LogP contribution < -0.4 is 0 Å². The number of nitrogens with zero attached hydrogens (tertiary/aromatic N) is 1. The first-order chi connectivity index (χ1) is 7.77. The van der Waals surface area contributed by atoms with Gasteiger partial charge in [-0.2, -0.15) is 0 Å². The fourth-order valence-electron chi connectivity index (χ4n) is 2.89. The minimum atomic E-state index is 0.269. The number of rotatable bonds is 0. The van der Waals surface area contributed by atoms with Crippen LogP contribution in [0.4, 0.5) is 0 Å². The van der Waals surface area contributed by atoms with Crippen molar-refractivity contribution in [1.82, 2.24) is 4.90 Å². The van der Waals surface area contributed by atoms with Crippen molar-refractivity contribution in [2.24, 2.45) is 0 Å². The average Bonchev–Trinajstić information content (AvgIpc) is 2.33. The summed E-state index contributed by atoms with van der Waals surface area (Å²) in [7, 11) is 1.92. The number of carbonyl (C=O) groups is 1. The highest BCUT2D eigenvalue weighted by Gasteiger charge is 2.31. The molecule has 0 spiro atoms. The smallest absolute Gasteiger partial charge is 0.250 e. The minimum Gasteiger partial charge on any atom is -0.342 e. The Morgan fingerprint density at radius 1 is 1.06 bits per heavy atom. The second-order valence-corrected chi connectivity index (χ2v) is 5.90. The lowest BCUT2D eigenvalue weighted by Crippen LogP contribution is -2.36. The molecule has 0 N–H and O–H groups in total. The number of thioether (sulfide) groups is 1. The number of amides is 1. The van der Waals surface area contributed by atoms with Crippen LogP contribution in [0.3, 0.4) is 0 Å². The summed E-state index contributed by atoms with van der Waals surface area (Å²) in [5.74, 6) is 1.18. The molecular formula is C13H17NOS. The van der Waals surface area contributed by atoms with Gasteiger partial charge in [-0.25, -0.2) is 0 Å². The summed E-state index contributed by atoms with van der Waals surface area (Å²) >= 11 is 1.91. The lowest BCUT2D eigenvalue weighted by molar-refractivity contribution is -0.126. The molecule has 0 atom stereocenters. The molecular weight excluding hydrogens is 218 g/mol. The van der Waals surface area contributed by atoms with Crippen molar-refractivity contribution in [3.63, 3.8) is 0 Å². The van der Waals surface area contributed by atoms with Crippen LogP contribution in [0.5, 0.6) is 0 Å². The first-order valence-electron chi connectivity index (χ1n) is 6.10. The largest absolute Gasteiger partial charge is 0.342 e. The van der Waals surface area contributed by atoms with Crippen LogP contribution in [0, 0.1) is 0 Å². The van der Waals surface area contributed by atoms with Gasteiger partial charge in [0, 0.05) is 24.9 Å². The molecule has 3 heteroatoms. The number of hydrogen-bond donors (Lipinski definition) is 0. The van der Waals surface area contributed by atoms with Crippen LogP contribution in [-0.4, -0.2) is 30.2 Å². The van der Waals surface area contributed by atoms with E-state index in [1.54, 1.807) is 10.5 Å². The van der Waals surface area contributed by atoms with Gasteiger partial charge >= 0.3 is 0 Å². The highest BCUT2D eigenvalue weighted by molar-refractivity contribution is 8.03. The SMILES string of the molecule is CN1CCC2=C(CSC3=C2CCCC3)C1=O. The lowest BCUT2D eigenvalue weighted by Gasteiger charge is -2.34. The van der Waals surface area contributed by atoms with E-state index in [4.69, 9.17) is 0 Å². The Labute approximate surface area is 101 Å². The van der Waals surface area contributed by atoms with Crippen molar-refractivity contribution in [2.45, 2.75) is 32.1 Å². The fourth-order valence-corrected chi connectivity index (χ4v) is 4.19. The van der Waals surface area contributed by atoms with E-state index < -0.39 is 0 Å². The monoisotopic (exact) mass is 235 g/mol. The maximum atomic E-state index is 12.1. The third kappa shape index (κ3) is 1.53. The molecule has 0 radical (unpaired) electrons. The van der Waals surface area contributed by atoms with E-state index in [2.05, 4.69) is 0 Å². The first-order valence-corrected chi connectivity index (χ1v) is 7.08. The fraction of sp³-hybridized carbons (Fsp3) is 0.615. The standard InChI is InChI=1S/C13H17NOS/c1-14-7-6-9-10-4-2-3-5-12(10)16-8-11(9)13(14)15/h2-8H2,1H3. The summed E-state index contributed by atoms with van der Waals surface area (Å²) in [6.45, 7) is 0.902. The number of likely N-dealkylation sites (N-methyl/N-ethyl adjacent to an activating group) is 1. The van der Waals surface area contributed by atoms with Gasteiger partial charge in [0.2, 0.25) is 0 Å². The van der Waals surface area contributed by atoms with Crippen molar-refractivity contribution in [1.29, 1.82) is 0 Å². The molecule has 0 saturated carbocycles. The summed E-state index contributed by atoms with van der Waals surface area (Å²) in [5, 5.41) is 0. The quantitative estimate of drug-likeness (QED) is 0.643. The summed E-state index contributed by atoms with van der Waals surface area (Å²) in [6.07, 6.45) is 6.18. The van der Waals surface area contributed by atoms with Crippen LogP contribution >= 0.6 is 11.8 Å². The molecule has 1 aliphatic carbocycles. The van der Waals surface area contributed by atoms with Gasteiger partial charge in [-0.3, -0.25) is 4.79 Å². The molecule has 0 saturated heterocycles. The third-order valence-electron chi connectivity index (χ3n) is 3.84. The van der Waals surface area contributed by atoms with Gasteiger partial charge in [-0.1, -0.05) is 0 Å². The van der Waals surface area contributed by atoms with Crippen LogP contribution in [0.2, 0.25) is 0 Å². The van der Waals surface area contributed by atoms with Gasteiger partial charge in [0.15, 0.2) is 0 Å². The molecule has 1 amide bonds. The van der Waals surface area contributed by atoms with E-state index >= 15 is 0 Å². The Balaban J connectivity index is 2.03. The molecule has 2 heterocycles. The Morgan fingerprint density at radius 3 is 2.75 bits per heavy atom. The molecule has 3 rings (SSSR count). The summed E-state index contributed by atoms with van der Waals surface area (Å²) in [4.78, 5) is 15.5. The second-order valence-electron chi connectivity index (χ2n) is 4.83. The summed E-state index contributed by atoms with van der Waals surface area (Å²) in [5.41, 5.74) is 4.05. The maximum absolute atomic E-state index is 12.1. The Morgan fingerprint density at radius 2 is 1.88 bits per heavy atom. The highest BCUT2D eigenvalue weighted by atomic mass is 32.2. The molecule has 2 aliphatic heterocycles. The molecule has 3 aliphatic rings. The Hall–Kier alpha value is -0.700. The Bertz CT molecular complexity index is 408. The average molecular weight is 235 g/mol. The number of fused-ring (bicyclic) bond motifs is 1. The molecule has 16 heavy (non-hydrogen) atoms. The van der Waals surface area contributed by atoms with Crippen LogP contribution in [0.1, 0.15) is 32.1 Å². The molecule has 0 aromatic carbocycles. The van der Waals surface area contributed by atoms with Crippen molar-refractivity contribution in [3.8, 4) is 0 Å². The van der Waals surface area contributed by atoms with E-state index in [-0.39, 0.29) is 5.91 Å². The van der Waals surface area contributed by atoms with Crippen molar-refractivity contribution in [2.75, 3.05) is 19.3 Å². The molecule has 0 aromatic heterocycles. The molecule has 0 fully saturated rings. The molecule has 86 valence electrons. The molecule has 0 unspecified atom stereocenters. The zero-order valence-electron chi connectivity index (χ0n) is 9.71. The van der Waals surface area contributed by atoms with E-state index in [1.165, 1.54) is 31.3 Å². The van der Waals surface area contributed by atoms with Crippen molar-refractivity contribution >= 4 is 17.7 Å². The van der Waals surface area contributed by atoms with Crippen LogP contribution in [-0.2, 0) is 4.79 Å². The highest BCUT2D eigenvalue weighted by Crippen LogP contribution is 2.44. The van der Waals surface area contributed by atoms with Crippen LogP contribution in [0.15, 0.2) is 21.6 Å². The van der Waals surface area contributed by atoms with Crippen LogP contribution in [0.25, 0.3) is 0 Å². The van der Waals surface area contributed by atoms with E-state index in [9.17, 15) is 4.79 Å². The van der Waals surface area contributed by atoms with Gasteiger partial charge < -0.3 is 4.90 Å².